The van der Waals surface area contributed by atoms with Gasteiger partial charge in [0.2, 0.25) is 0 Å². The molecular formula is C14H12FNO2. The smallest absolute Gasteiger partial charge is 0.165 e. The second-order valence-electron chi connectivity index (χ2n) is 3.73. The lowest BCUT2D eigenvalue weighted by Gasteiger charge is -2.09. The number of aromatic nitrogens is 1. The van der Waals surface area contributed by atoms with E-state index in [0.29, 0.717) is 19.3 Å². The summed E-state index contributed by atoms with van der Waals surface area (Å²) in [5.41, 5.74) is 1.28. The van der Waals surface area contributed by atoms with Gasteiger partial charge in [-0.25, -0.2) is 4.39 Å². The largest absolute Gasteiger partial charge is 0.489 e. The molecule has 0 unspecified atom stereocenters. The molecule has 2 aromatic rings. The number of carbonyl (C=O) groups is 1. The van der Waals surface area contributed by atoms with Gasteiger partial charge in [0.25, 0.3) is 0 Å². The quantitative estimate of drug-likeness (QED) is 0.760. The molecule has 18 heavy (non-hydrogen) atoms. The highest BCUT2D eigenvalue weighted by Crippen LogP contribution is 2.21. The Labute approximate surface area is 104 Å². The van der Waals surface area contributed by atoms with E-state index in [1.54, 1.807) is 12.4 Å². The summed E-state index contributed by atoms with van der Waals surface area (Å²) in [4.78, 5) is 14.7. The summed E-state index contributed by atoms with van der Waals surface area (Å²) in [6, 6.07) is 8.01. The summed E-state index contributed by atoms with van der Waals surface area (Å²) < 4.78 is 18.8. The topological polar surface area (TPSA) is 39.2 Å². The third-order valence-electron chi connectivity index (χ3n) is 2.51. The van der Waals surface area contributed by atoms with E-state index in [2.05, 4.69) is 4.98 Å². The monoisotopic (exact) mass is 245 g/mol. The van der Waals surface area contributed by atoms with Crippen LogP contribution in [-0.2, 0) is 6.42 Å². The van der Waals surface area contributed by atoms with Crippen molar-refractivity contribution in [2.24, 2.45) is 0 Å². The molecule has 0 saturated carbocycles. The fraction of sp³-hybridized carbons (Fsp3) is 0.143. The number of aldehydes is 1. The van der Waals surface area contributed by atoms with Gasteiger partial charge >= 0.3 is 0 Å². The van der Waals surface area contributed by atoms with Gasteiger partial charge in [-0.2, -0.15) is 0 Å². The zero-order chi connectivity index (χ0) is 12.8. The molecule has 92 valence electrons. The highest BCUT2D eigenvalue weighted by Gasteiger charge is 2.08. The molecule has 0 radical (unpaired) electrons. The molecule has 0 N–H and O–H groups in total. The first kappa shape index (κ1) is 12.2. The van der Waals surface area contributed by atoms with Crippen LogP contribution >= 0.6 is 0 Å². The van der Waals surface area contributed by atoms with Gasteiger partial charge in [-0.05, 0) is 29.8 Å². The van der Waals surface area contributed by atoms with Gasteiger partial charge in [-0.3, -0.25) is 9.78 Å². The molecule has 0 spiro atoms. The van der Waals surface area contributed by atoms with Crippen LogP contribution in [0.15, 0.2) is 42.7 Å². The number of hydrogen-bond acceptors (Lipinski definition) is 3. The van der Waals surface area contributed by atoms with Crippen LogP contribution in [0.2, 0.25) is 0 Å². The van der Waals surface area contributed by atoms with Crippen LogP contribution in [0.4, 0.5) is 4.39 Å². The summed E-state index contributed by atoms with van der Waals surface area (Å²) in [6.07, 6.45) is 4.60. The fourth-order valence-electron chi connectivity index (χ4n) is 1.59. The van der Waals surface area contributed by atoms with E-state index in [9.17, 15) is 9.18 Å². The average Bonchev–Trinajstić information content (AvgIpc) is 2.41. The van der Waals surface area contributed by atoms with Crippen molar-refractivity contribution in [3.8, 4) is 5.75 Å². The van der Waals surface area contributed by atoms with Crippen molar-refractivity contribution in [1.29, 1.82) is 0 Å². The van der Waals surface area contributed by atoms with E-state index in [1.807, 2.05) is 12.1 Å². The van der Waals surface area contributed by atoms with Crippen LogP contribution in [0.3, 0.4) is 0 Å². The summed E-state index contributed by atoms with van der Waals surface area (Å²) in [6.45, 7) is 0.311. The van der Waals surface area contributed by atoms with Crippen LogP contribution in [-0.4, -0.2) is 17.9 Å². The molecule has 1 heterocycles. The van der Waals surface area contributed by atoms with Crippen LogP contribution in [0.1, 0.15) is 15.9 Å². The number of pyridine rings is 1. The highest BCUT2D eigenvalue weighted by atomic mass is 19.1. The van der Waals surface area contributed by atoms with Crippen LogP contribution < -0.4 is 4.74 Å². The lowest BCUT2D eigenvalue weighted by Crippen LogP contribution is -2.05. The summed E-state index contributed by atoms with van der Waals surface area (Å²) in [7, 11) is 0. The number of ether oxygens (including phenoxy) is 1. The van der Waals surface area contributed by atoms with Gasteiger partial charge < -0.3 is 4.74 Å². The molecule has 0 aliphatic rings. The molecule has 1 aromatic heterocycles. The van der Waals surface area contributed by atoms with E-state index < -0.39 is 5.82 Å². The van der Waals surface area contributed by atoms with Crippen molar-refractivity contribution in [3.05, 3.63) is 59.7 Å². The first-order valence-corrected chi connectivity index (χ1v) is 5.56. The number of rotatable bonds is 5. The minimum atomic E-state index is -0.519. The van der Waals surface area contributed by atoms with Crippen molar-refractivity contribution >= 4 is 6.29 Å². The molecule has 0 aliphatic carbocycles. The third kappa shape index (κ3) is 2.91. The normalized spacial score (nSPS) is 10.1. The van der Waals surface area contributed by atoms with E-state index in [4.69, 9.17) is 4.74 Å². The van der Waals surface area contributed by atoms with Crippen LogP contribution in [0.5, 0.6) is 5.75 Å². The Morgan fingerprint density at radius 3 is 2.72 bits per heavy atom. The lowest BCUT2D eigenvalue weighted by atomic mass is 10.2. The maximum Gasteiger partial charge on any atom is 0.165 e. The number of halogens is 1. The average molecular weight is 245 g/mol. The molecule has 1 aromatic carbocycles. The van der Waals surface area contributed by atoms with Crippen molar-refractivity contribution < 1.29 is 13.9 Å². The van der Waals surface area contributed by atoms with Gasteiger partial charge in [0.15, 0.2) is 17.9 Å². The van der Waals surface area contributed by atoms with Crippen molar-refractivity contribution in [3.63, 3.8) is 0 Å². The third-order valence-corrected chi connectivity index (χ3v) is 2.51. The maximum absolute atomic E-state index is 13.5. The molecular weight excluding hydrogens is 233 g/mol. The number of carbonyl (C=O) groups excluding carboxylic acids is 1. The van der Waals surface area contributed by atoms with Gasteiger partial charge in [0, 0.05) is 18.8 Å². The predicted molar refractivity (Wildman–Crippen MR) is 65.2 cm³/mol. The molecule has 0 aliphatic heterocycles. The minimum absolute atomic E-state index is 0.0153. The molecule has 0 saturated heterocycles. The van der Waals surface area contributed by atoms with E-state index in [0.717, 1.165) is 5.56 Å². The number of para-hydroxylation sites is 1. The first-order chi connectivity index (χ1) is 8.81. The Kier molecular flexibility index (Phi) is 4.02. The Morgan fingerprint density at radius 2 is 2.00 bits per heavy atom. The Hall–Kier alpha value is -2.23. The van der Waals surface area contributed by atoms with Crippen molar-refractivity contribution in [2.45, 2.75) is 6.42 Å². The Morgan fingerprint density at radius 1 is 1.22 bits per heavy atom. The number of benzene rings is 1. The molecule has 0 amide bonds. The van der Waals surface area contributed by atoms with E-state index in [-0.39, 0.29) is 11.3 Å². The zero-order valence-corrected chi connectivity index (χ0v) is 9.67. The summed E-state index contributed by atoms with van der Waals surface area (Å²) in [5.74, 6) is -0.504. The van der Waals surface area contributed by atoms with E-state index in [1.165, 1.54) is 18.2 Å². The second-order valence-corrected chi connectivity index (χ2v) is 3.73. The molecule has 4 heteroatoms. The minimum Gasteiger partial charge on any atom is -0.489 e. The standard InChI is InChI=1S/C14H12FNO2/c15-13-3-1-2-12(10-17)14(13)18-9-6-11-4-7-16-8-5-11/h1-5,7-8,10H,6,9H2. The van der Waals surface area contributed by atoms with Crippen LogP contribution in [0, 0.1) is 5.82 Å². The maximum atomic E-state index is 13.5. The highest BCUT2D eigenvalue weighted by molar-refractivity contribution is 5.79. The van der Waals surface area contributed by atoms with Gasteiger partial charge in [0.1, 0.15) is 0 Å². The molecule has 3 nitrogen and oxygen atoms in total. The number of hydrogen-bond donors (Lipinski definition) is 0. The molecule has 0 bridgehead atoms. The van der Waals surface area contributed by atoms with Crippen LogP contribution in [0.25, 0.3) is 0 Å². The Balaban J connectivity index is 2.00. The number of nitrogens with zero attached hydrogens (tertiary/aromatic N) is 1. The Bertz CT molecular complexity index is 529. The van der Waals surface area contributed by atoms with Crippen molar-refractivity contribution in [1.82, 2.24) is 4.98 Å². The zero-order valence-electron chi connectivity index (χ0n) is 9.67. The second kappa shape index (κ2) is 5.91. The lowest BCUT2D eigenvalue weighted by molar-refractivity contribution is 0.111. The van der Waals surface area contributed by atoms with Gasteiger partial charge in [-0.15, -0.1) is 0 Å². The SMILES string of the molecule is O=Cc1cccc(F)c1OCCc1ccncc1. The predicted octanol–water partition coefficient (Wildman–Crippen LogP) is 2.65. The molecule has 2 rings (SSSR count). The molecule has 0 atom stereocenters. The van der Waals surface area contributed by atoms with Crippen molar-refractivity contribution in [2.75, 3.05) is 6.61 Å². The summed E-state index contributed by atoms with van der Waals surface area (Å²) >= 11 is 0. The first-order valence-electron chi connectivity index (χ1n) is 5.56. The molecule has 0 fully saturated rings. The van der Waals surface area contributed by atoms with Gasteiger partial charge in [-0.1, -0.05) is 6.07 Å². The fourth-order valence-corrected chi connectivity index (χ4v) is 1.59. The summed E-state index contributed by atoms with van der Waals surface area (Å²) in [5, 5.41) is 0. The van der Waals surface area contributed by atoms with Gasteiger partial charge in [0.05, 0.1) is 12.2 Å². The van der Waals surface area contributed by atoms with E-state index >= 15 is 0 Å².